The minimum absolute atomic E-state index is 0.0992. The van der Waals surface area contributed by atoms with Crippen LogP contribution in [0.3, 0.4) is 0 Å². The summed E-state index contributed by atoms with van der Waals surface area (Å²) in [5.41, 5.74) is 4.44. The Morgan fingerprint density at radius 2 is 2.00 bits per heavy atom. The van der Waals surface area contributed by atoms with E-state index in [-0.39, 0.29) is 6.42 Å². The molecule has 1 aromatic carbocycles. The van der Waals surface area contributed by atoms with Gasteiger partial charge in [-0.15, -0.1) is 5.10 Å². The number of piperazine rings is 1. The number of nitriles is 1. The molecule has 2 aromatic rings. The van der Waals surface area contributed by atoms with E-state index in [2.05, 4.69) is 46.4 Å². The Kier molecular flexibility index (Phi) is 5.49. The predicted molar refractivity (Wildman–Crippen MR) is 107 cm³/mol. The average Bonchev–Trinajstić information content (AvgIpc) is 3.47. The maximum atomic E-state index is 12.2. The van der Waals surface area contributed by atoms with Gasteiger partial charge in [0.1, 0.15) is 6.42 Å². The molecule has 1 saturated heterocycles. The van der Waals surface area contributed by atoms with E-state index in [4.69, 9.17) is 9.68 Å². The number of carbonyl (C=O) groups is 1. The molecule has 1 N–H and O–H groups in total. The summed E-state index contributed by atoms with van der Waals surface area (Å²) >= 11 is 0. The summed E-state index contributed by atoms with van der Waals surface area (Å²) < 4.78 is 5.47. The number of nitrogens with one attached hydrogen (secondary N) is 1. The molecule has 0 atom stereocenters. The molecule has 2 heterocycles. The zero-order valence-corrected chi connectivity index (χ0v) is 16.9. The van der Waals surface area contributed by atoms with Crippen molar-refractivity contribution >= 4 is 17.6 Å². The molecule has 0 unspecified atom stereocenters. The third-order valence-electron chi connectivity index (χ3n) is 5.60. The summed E-state index contributed by atoms with van der Waals surface area (Å²) in [6.45, 7) is 8.42. The van der Waals surface area contributed by atoms with Crippen molar-refractivity contribution in [3.63, 3.8) is 0 Å². The number of aromatic nitrogens is 2. The number of benzene rings is 1. The van der Waals surface area contributed by atoms with Gasteiger partial charge in [-0.1, -0.05) is 11.2 Å². The molecular weight excluding hydrogens is 368 g/mol. The maximum Gasteiger partial charge on any atom is 0.320 e. The van der Waals surface area contributed by atoms with Crippen LogP contribution in [0.5, 0.6) is 0 Å². The highest BCUT2D eigenvalue weighted by atomic mass is 16.4. The van der Waals surface area contributed by atoms with Crippen LogP contribution in [-0.2, 0) is 17.8 Å². The van der Waals surface area contributed by atoms with E-state index >= 15 is 0 Å². The van der Waals surface area contributed by atoms with E-state index in [9.17, 15) is 4.79 Å². The zero-order valence-electron chi connectivity index (χ0n) is 16.9. The Morgan fingerprint density at radius 1 is 1.24 bits per heavy atom. The Bertz CT molecular complexity index is 935. The standard InChI is InChI=1S/C21H26N6O2/c1-14-11-17(13-26-7-9-27(10-8-26)20(28)16-3-4-16)15(2)18(12-14)23-21-25-24-19(29-21)5-6-22/h11-12,16H,3-5,7-10,13H2,1-2H3,(H,23,25). The topological polar surface area (TPSA) is 98.3 Å². The number of nitrogens with zero attached hydrogens (tertiary/aromatic N) is 5. The number of carbonyl (C=O) groups excluding carboxylic acids is 1. The van der Waals surface area contributed by atoms with Crippen molar-refractivity contribution in [3.8, 4) is 6.07 Å². The van der Waals surface area contributed by atoms with Gasteiger partial charge in [0.25, 0.3) is 0 Å². The van der Waals surface area contributed by atoms with Crippen LogP contribution < -0.4 is 5.32 Å². The molecular formula is C21H26N6O2. The van der Waals surface area contributed by atoms with Crippen LogP contribution >= 0.6 is 0 Å². The Hall–Kier alpha value is -2.92. The third-order valence-corrected chi connectivity index (χ3v) is 5.60. The van der Waals surface area contributed by atoms with Crippen molar-refractivity contribution in [1.82, 2.24) is 20.0 Å². The van der Waals surface area contributed by atoms with Gasteiger partial charge >= 0.3 is 6.01 Å². The number of aryl methyl sites for hydroxylation is 1. The van der Waals surface area contributed by atoms with Crippen molar-refractivity contribution in [2.75, 3.05) is 31.5 Å². The first-order valence-electron chi connectivity index (χ1n) is 10.1. The Balaban J connectivity index is 1.41. The zero-order chi connectivity index (χ0) is 20.4. The van der Waals surface area contributed by atoms with Crippen LogP contribution in [-0.4, -0.2) is 52.1 Å². The van der Waals surface area contributed by atoms with Gasteiger partial charge in [-0.3, -0.25) is 9.69 Å². The Labute approximate surface area is 170 Å². The molecule has 152 valence electrons. The lowest BCUT2D eigenvalue weighted by Gasteiger charge is -2.35. The fraction of sp³-hybridized carbons (Fsp3) is 0.524. The second-order valence-corrected chi connectivity index (χ2v) is 7.93. The summed E-state index contributed by atoms with van der Waals surface area (Å²) in [6, 6.07) is 6.56. The number of hydrogen-bond donors (Lipinski definition) is 1. The molecule has 1 amide bonds. The SMILES string of the molecule is Cc1cc(CN2CCN(C(=O)C3CC3)CC2)c(C)c(Nc2nnc(CC#N)o2)c1. The van der Waals surface area contributed by atoms with Crippen LogP contribution in [0.15, 0.2) is 16.5 Å². The number of anilines is 2. The van der Waals surface area contributed by atoms with Crippen LogP contribution in [0.2, 0.25) is 0 Å². The highest BCUT2D eigenvalue weighted by molar-refractivity contribution is 5.81. The highest BCUT2D eigenvalue weighted by Gasteiger charge is 2.34. The summed E-state index contributed by atoms with van der Waals surface area (Å²) in [5.74, 6) is 0.949. The summed E-state index contributed by atoms with van der Waals surface area (Å²) in [4.78, 5) is 16.7. The fourth-order valence-electron chi connectivity index (χ4n) is 3.74. The average molecular weight is 394 g/mol. The van der Waals surface area contributed by atoms with E-state index in [0.717, 1.165) is 62.4 Å². The molecule has 4 rings (SSSR count). The van der Waals surface area contributed by atoms with Crippen molar-refractivity contribution < 1.29 is 9.21 Å². The summed E-state index contributed by atoms with van der Waals surface area (Å²) in [7, 11) is 0. The van der Waals surface area contributed by atoms with Gasteiger partial charge in [0.2, 0.25) is 11.8 Å². The lowest BCUT2D eigenvalue weighted by molar-refractivity contribution is -0.134. The summed E-state index contributed by atoms with van der Waals surface area (Å²) in [5, 5.41) is 19.8. The van der Waals surface area contributed by atoms with E-state index in [1.165, 1.54) is 5.56 Å². The molecule has 2 aliphatic rings. The first kappa shape index (κ1) is 19.4. The van der Waals surface area contributed by atoms with Crippen LogP contribution in [0.1, 0.15) is 35.4 Å². The van der Waals surface area contributed by atoms with Crippen LogP contribution in [0, 0.1) is 31.1 Å². The highest BCUT2D eigenvalue weighted by Crippen LogP contribution is 2.31. The molecule has 1 aliphatic carbocycles. The van der Waals surface area contributed by atoms with Crippen molar-refractivity contribution in [3.05, 3.63) is 34.7 Å². The second kappa shape index (κ2) is 8.21. The molecule has 0 bridgehead atoms. The summed E-state index contributed by atoms with van der Waals surface area (Å²) in [6.07, 6.45) is 2.23. The lowest BCUT2D eigenvalue weighted by atomic mass is 10.0. The second-order valence-electron chi connectivity index (χ2n) is 7.93. The molecule has 0 radical (unpaired) electrons. The number of hydrogen-bond acceptors (Lipinski definition) is 7. The van der Waals surface area contributed by atoms with Gasteiger partial charge < -0.3 is 14.6 Å². The van der Waals surface area contributed by atoms with Gasteiger partial charge in [-0.25, -0.2) is 0 Å². The first-order valence-corrected chi connectivity index (χ1v) is 10.1. The van der Waals surface area contributed by atoms with E-state index < -0.39 is 0 Å². The van der Waals surface area contributed by atoms with Gasteiger partial charge in [-0.2, -0.15) is 5.26 Å². The van der Waals surface area contributed by atoms with Crippen LogP contribution in [0.4, 0.5) is 11.7 Å². The van der Waals surface area contributed by atoms with Crippen molar-refractivity contribution in [2.24, 2.45) is 5.92 Å². The first-order chi connectivity index (χ1) is 14.0. The van der Waals surface area contributed by atoms with Crippen molar-refractivity contribution in [1.29, 1.82) is 5.26 Å². The molecule has 0 spiro atoms. The van der Waals surface area contributed by atoms with Gasteiger partial charge in [0, 0.05) is 44.3 Å². The van der Waals surface area contributed by atoms with E-state index in [0.29, 0.717) is 23.7 Å². The monoisotopic (exact) mass is 394 g/mol. The number of rotatable bonds is 6. The van der Waals surface area contributed by atoms with Crippen LogP contribution in [0.25, 0.3) is 0 Å². The molecule has 1 saturated carbocycles. The van der Waals surface area contributed by atoms with Gasteiger partial charge in [-0.05, 0) is 49.4 Å². The third kappa shape index (κ3) is 4.57. The normalized spacial score (nSPS) is 17.2. The lowest BCUT2D eigenvalue weighted by Crippen LogP contribution is -2.48. The Morgan fingerprint density at radius 3 is 2.69 bits per heavy atom. The van der Waals surface area contributed by atoms with Gasteiger partial charge in [0.05, 0.1) is 6.07 Å². The van der Waals surface area contributed by atoms with Gasteiger partial charge in [0.15, 0.2) is 0 Å². The molecule has 2 fully saturated rings. The predicted octanol–water partition coefficient (Wildman–Crippen LogP) is 2.55. The molecule has 1 aromatic heterocycles. The molecule has 1 aliphatic heterocycles. The number of amides is 1. The fourth-order valence-corrected chi connectivity index (χ4v) is 3.74. The largest absolute Gasteiger partial charge is 0.407 e. The molecule has 8 nitrogen and oxygen atoms in total. The molecule has 8 heteroatoms. The van der Waals surface area contributed by atoms with Crippen molar-refractivity contribution in [2.45, 2.75) is 39.7 Å². The quantitative estimate of drug-likeness (QED) is 0.804. The minimum atomic E-state index is 0.0992. The maximum absolute atomic E-state index is 12.2. The van der Waals surface area contributed by atoms with E-state index in [1.807, 2.05) is 11.0 Å². The minimum Gasteiger partial charge on any atom is -0.407 e. The smallest absolute Gasteiger partial charge is 0.320 e. The molecule has 29 heavy (non-hydrogen) atoms. The van der Waals surface area contributed by atoms with E-state index in [1.54, 1.807) is 0 Å².